The third kappa shape index (κ3) is 5.52. The Hall–Kier alpha value is -1.21. The highest BCUT2D eigenvalue weighted by molar-refractivity contribution is 8.00. The van der Waals surface area contributed by atoms with Crippen LogP contribution in [-0.4, -0.2) is 38.6 Å². The summed E-state index contributed by atoms with van der Waals surface area (Å²) in [6.45, 7) is 2.40. The van der Waals surface area contributed by atoms with Crippen LogP contribution in [0.25, 0.3) is 0 Å². The van der Waals surface area contributed by atoms with Gasteiger partial charge in [-0.2, -0.15) is 0 Å². The first kappa shape index (κ1) is 15.8. The third-order valence-electron chi connectivity index (χ3n) is 2.32. The van der Waals surface area contributed by atoms with Crippen LogP contribution in [-0.2, 0) is 9.84 Å². The number of hydrogen-bond acceptors (Lipinski definition) is 5. The molecule has 0 bridgehead atoms. The summed E-state index contributed by atoms with van der Waals surface area (Å²) in [5.74, 6) is 0.389. The van der Waals surface area contributed by atoms with Crippen LogP contribution in [0.4, 0.5) is 5.69 Å². The van der Waals surface area contributed by atoms with Crippen molar-refractivity contribution >= 4 is 33.2 Å². The van der Waals surface area contributed by atoms with Crippen LogP contribution in [0.1, 0.15) is 17.3 Å². The molecule has 0 saturated carbocycles. The maximum atomic E-state index is 11.6. The second kappa shape index (κ2) is 6.81. The largest absolute Gasteiger partial charge is 0.398 e. The van der Waals surface area contributed by atoms with E-state index >= 15 is 0 Å². The first-order valence-corrected chi connectivity index (χ1v) is 8.86. The molecule has 1 aromatic rings. The van der Waals surface area contributed by atoms with E-state index in [9.17, 15) is 13.2 Å². The highest BCUT2D eigenvalue weighted by Gasteiger charge is 2.09. The lowest BCUT2D eigenvalue weighted by molar-refractivity contribution is 0.0956. The highest BCUT2D eigenvalue weighted by atomic mass is 32.2. The fourth-order valence-electron chi connectivity index (χ4n) is 1.39. The minimum absolute atomic E-state index is 0.106. The zero-order chi connectivity index (χ0) is 14.5. The van der Waals surface area contributed by atoms with Crippen molar-refractivity contribution in [1.82, 2.24) is 5.32 Å². The smallest absolute Gasteiger partial charge is 0.251 e. The monoisotopic (exact) mass is 302 g/mol. The van der Waals surface area contributed by atoms with Gasteiger partial charge in [0.15, 0.2) is 0 Å². The van der Waals surface area contributed by atoms with Gasteiger partial charge in [0.2, 0.25) is 0 Å². The number of rotatable bonds is 6. The minimum atomic E-state index is -2.96. The number of hydrogen-bond donors (Lipinski definition) is 2. The van der Waals surface area contributed by atoms with Crippen molar-refractivity contribution in [2.45, 2.75) is 11.8 Å². The van der Waals surface area contributed by atoms with Crippen molar-refractivity contribution < 1.29 is 13.2 Å². The Kier molecular flexibility index (Phi) is 5.68. The van der Waals surface area contributed by atoms with Crippen molar-refractivity contribution in [3.63, 3.8) is 0 Å². The topological polar surface area (TPSA) is 89.3 Å². The predicted octanol–water partition coefficient (Wildman–Crippen LogP) is 1.16. The molecular formula is C12H18N2O3S2. The van der Waals surface area contributed by atoms with Crippen LogP contribution in [0, 0.1) is 0 Å². The normalized spacial score (nSPS) is 11.3. The Balaban J connectivity index is 2.70. The molecule has 0 saturated heterocycles. The Morgan fingerprint density at radius 3 is 2.63 bits per heavy atom. The van der Waals surface area contributed by atoms with Gasteiger partial charge in [0.1, 0.15) is 9.84 Å². The molecule has 1 aromatic carbocycles. The molecule has 0 unspecified atom stereocenters. The molecule has 0 atom stereocenters. The number of anilines is 1. The van der Waals surface area contributed by atoms with Crippen molar-refractivity contribution in [3.05, 3.63) is 23.8 Å². The first-order valence-electron chi connectivity index (χ1n) is 5.81. The van der Waals surface area contributed by atoms with Gasteiger partial charge in [-0.05, 0) is 25.1 Å². The molecule has 0 aliphatic heterocycles. The van der Waals surface area contributed by atoms with Crippen LogP contribution in [0.3, 0.4) is 0 Å². The molecule has 1 amide bonds. The predicted molar refractivity (Wildman–Crippen MR) is 79.3 cm³/mol. The van der Waals surface area contributed by atoms with E-state index in [-0.39, 0.29) is 11.7 Å². The van der Waals surface area contributed by atoms with Crippen molar-refractivity contribution in [2.75, 3.05) is 30.0 Å². The molecular weight excluding hydrogens is 284 g/mol. The molecule has 0 aromatic heterocycles. The zero-order valence-corrected chi connectivity index (χ0v) is 12.6. The highest BCUT2D eigenvalue weighted by Crippen LogP contribution is 2.26. The molecule has 0 heterocycles. The molecule has 0 aliphatic carbocycles. The number of nitrogens with two attached hydrogens (primary N) is 1. The number of carbonyl (C=O) groups is 1. The van der Waals surface area contributed by atoms with Gasteiger partial charge in [0, 0.05) is 34.7 Å². The van der Waals surface area contributed by atoms with Gasteiger partial charge < -0.3 is 11.1 Å². The molecule has 0 aliphatic rings. The summed E-state index contributed by atoms with van der Waals surface area (Å²) in [6, 6.07) is 5.03. The SMILES string of the molecule is CCNC(=O)c1ccc(SCCS(C)(=O)=O)c(N)c1. The summed E-state index contributed by atoms with van der Waals surface area (Å²) in [5, 5.41) is 2.69. The molecule has 1 rings (SSSR count). The number of thioether (sulfide) groups is 1. The summed E-state index contributed by atoms with van der Waals surface area (Å²) >= 11 is 1.37. The fraction of sp³-hybridized carbons (Fsp3) is 0.417. The molecule has 0 spiro atoms. The molecule has 7 heteroatoms. The fourth-order valence-corrected chi connectivity index (χ4v) is 3.54. The number of sulfone groups is 1. The van der Waals surface area contributed by atoms with E-state index in [1.54, 1.807) is 18.2 Å². The van der Waals surface area contributed by atoms with Gasteiger partial charge >= 0.3 is 0 Å². The second-order valence-electron chi connectivity index (χ2n) is 4.09. The van der Waals surface area contributed by atoms with E-state index < -0.39 is 9.84 Å². The van der Waals surface area contributed by atoms with E-state index in [4.69, 9.17) is 5.73 Å². The van der Waals surface area contributed by atoms with Crippen molar-refractivity contribution in [1.29, 1.82) is 0 Å². The Bertz CT molecular complexity index is 556. The van der Waals surface area contributed by atoms with Crippen molar-refractivity contribution in [3.8, 4) is 0 Å². The third-order valence-corrected chi connectivity index (χ3v) is 4.62. The molecule has 106 valence electrons. The maximum Gasteiger partial charge on any atom is 0.251 e. The van der Waals surface area contributed by atoms with Crippen molar-refractivity contribution in [2.24, 2.45) is 0 Å². The number of nitrogen functional groups attached to an aromatic ring is 1. The lowest BCUT2D eigenvalue weighted by atomic mass is 10.2. The minimum Gasteiger partial charge on any atom is -0.398 e. The lowest BCUT2D eigenvalue weighted by Crippen LogP contribution is -2.22. The number of carbonyl (C=O) groups excluding carboxylic acids is 1. The molecule has 0 fully saturated rings. The molecule has 0 radical (unpaired) electrons. The first-order chi connectivity index (χ1) is 8.83. The van der Waals surface area contributed by atoms with Gasteiger partial charge in [-0.25, -0.2) is 8.42 Å². The Morgan fingerprint density at radius 1 is 1.42 bits per heavy atom. The molecule has 5 nitrogen and oxygen atoms in total. The second-order valence-corrected chi connectivity index (χ2v) is 7.49. The van der Waals surface area contributed by atoms with Gasteiger partial charge in [-0.1, -0.05) is 0 Å². The Morgan fingerprint density at radius 2 is 2.11 bits per heavy atom. The summed E-state index contributed by atoms with van der Waals surface area (Å²) in [4.78, 5) is 12.4. The van der Waals surface area contributed by atoms with Crippen LogP contribution in [0.15, 0.2) is 23.1 Å². The van der Waals surface area contributed by atoms with E-state index in [1.165, 1.54) is 18.0 Å². The van der Waals surface area contributed by atoms with E-state index in [2.05, 4.69) is 5.32 Å². The summed E-state index contributed by atoms with van der Waals surface area (Å²) in [6.07, 6.45) is 1.20. The molecule has 19 heavy (non-hydrogen) atoms. The quantitative estimate of drug-likeness (QED) is 0.608. The lowest BCUT2D eigenvalue weighted by Gasteiger charge is -2.08. The Labute approximate surface area is 117 Å². The van der Waals surface area contributed by atoms with Gasteiger partial charge in [0.25, 0.3) is 5.91 Å². The van der Waals surface area contributed by atoms with Crippen LogP contribution in [0.5, 0.6) is 0 Å². The maximum absolute atomic E-state index is 11.6. The van der Waals surface area contributed by atoms with E-state index in [0.29, 0.717) is 23.5 Å². The van der Waals surface area contributed by atoms with Gasteiger partial charge in [-0.3, -0.25) is 4.79 Å². The van der Waals surface area contributed by atoms with Crippen LogP contribution < -0.4 is 11.1 Å². The van der Waals surface area contributed by atoms with Gasteiger partial charge in [-0.15, -0.1) is 11.8 Å². The van der Waals surface area contributed by atoms with E-state index in [0.717, 1.165) is 4.90 Å². The summed E-state index contributed by atoms with van der Waals surface area (Å²) < 4.78 is 22.0. The average molecular weight is 302 g/mol. The standard InChI is InChI=1S/C12H18N2O3S2/c1-3-14-12(15)9-4-5-11(10(13)8-9)18-6-7-19(2,16)17/h4-5,8H,3,6-7,13H2,1-2H3,(H,14,15). The average Bonchev–Trinajstić information content (AvgIpc) is 2.30. The molecule has 3 N–H and O–H groups in total. The zero-order valence-electron chi connectivity index (χ0n) is 11.0. The number of nitrogens with one attached hydrogen (secondary N) is 1. The van der Waals surface area contributed by atoms with Crippen LogP contribution in [0.2, 0.25) is 0 Å². The summed E-state index contributed by atoms with van der Waals surface area (Å²) in [7, 11) is -2.96. The number of amides is 1. The van der Waals surface area contributed by atoms with E-state index in [1.807, 2.05) is 6.92 Å². The summed E-state index contributed by atoms with van der Waals surface area (Å²) in [5.41, 5.74) is 6.85. The number of benzene rings is 1. The van der Waals surface area contributed by atoms with Gasteiger partial charge in [0.05, 0.1) is 5.75 Å². The van der Waals surface area contributed by atoms with Crippen LogP contribution >= 0.6 is 11.8 Å².